The summed E-state index contributed by atoms with van der Waals surface area (Å²) in [5.74, 6) is 0. The van der Waals surface area contributed by atoms with Gasteiger partial charge in [0.1, 0.15) is 0 Å². The Bertz CT molecular complexity index is 325. The number of pyridine rings is 1. The van der Waals surface area contributed by atoms with Crippen molar-refractivity contribution in [2.75, 3.05) is 26.8 Å². The molecule has 0 aliphatic carbocycles. The molecule has 0 radical (unpaired) electrons. The smallest absolute Gasteiger partial charge is 0.0659 e. The zero-order chi connectivity index (χ0) is 13.4. The fourth-order valence-corrected chi connectivity index (χ4v) is 2.34. The van der Waals surface area contributed by atoms with E-state index in [0.29, 0.717) is 13.2 Å². The molecule has 102 valence electrons. The lowest BCUT2D eigenvalue weighted by molar-refractivity contribution is 0.00957. The van der Waals surface area contributed by atoms with Crippen LogP contribution in [0.3, 0.4) is 0 Å². The Hall–Kier alpha value is -0.970. The minimum atomic E-state index is -0.0766. The molecule has 0 fully saturated rings. The molecule has 1 unspecified atom stereocenters. The second-order valence-electron chi connectivity index (χ2n) is 4.58. The lowest BCUT2D eigenvalue weighted by Crippen LogP contribution is -2.56. The van der Waals surface area contributed by atoms with Crippen molar-refractivity contribution in [3.8, 4) is 0 Å². The molecule has 1 atom stereocenters. The SMILES string of the molecule is CCN(Cc1ccncc1)C(CC)(CN)COC. The molecule has 0 spiro atoms. The zero-order valence-electron chi connectivity index (χ0n) is 11.7. The summed E-state index contributed by atoms with van der Waals surface area (Å²) >= 11 is 0. The van der Waals surface area contributed by atoms with Gasteiger partial charge in [0.05, 0.1) is 12.1 Å². The summed E-state index contributed by atoms with van der Waals surface area (Å²) in [6, 6.07) is 4.10. The second-order valence-corrected chi connectivity index (χ2v) is 4.58. The van der Waals surface area contributed by atoms with E-state index in [2.05, 4.69) is 23.7 Å². The Labute approximate surface area is 110 Å². The lowest BCUT2D eigenvalue weighted by atomic mass is 9.94. The number of methoxy groups -OCH3 is 1. The number of ether oxygens (including phenoxy) is 1. The van der Waals surface area contributed by atoms with E-state index in [1.807, 2.05) is 24.5 Å². The van der Waals surface area contributed by atoms with Crippen molar-refractivity contribution in [2.24, 2.45) is 5.73 Å². The van der Waals surface area contributed by atoms with E-state index in [4.69, 9.17) is 10.5 Å². The molecular formula is C14H25N3O. The maximum Gasteiger partial charge on any atom is 0.0659 e. The van der Waals surface area contributed by atoms with E-state index in [1.54, 1.807) is 7.11 Å². The molecule has 0 aliphatic heterocycles. The molecule has 0 amide bonds. The molecule has 1 heterocycles. The highest BCUT2D eigenvalue weighted by atomic mass is 16.5. The monoisotopic (exact) mass is 251 g/mol. The van der Waals surface area contributed by atoms with E-state index < -0.39 is 0 Å². The van der Waals surface area contributed by atoms with E-state index in [9.17, 15) is 0 Å². The van der Waals surface area contributed by atoms with Gasteiger partial charge in [-0.25, -0.2) is 0 Å². The first-order chi connectivity index (χ1) is 8.72. The van der Waals surface area contributed by atoms with Crippen LogP contribution in [0.2, 0.25) is 0 Å². The molecule has 1 aromatic heterocycles. The van der Waals surface area contributed by atoms with Gasteiger partial charge in [-0.05, 0) is 30.7 Å². The normalized spacial score (nSPS) is 14.7. The molecule has 0 saturated carbocycles. The van der Waals surface area contributed by atoms with Gasteiger partial charge in [-0.15, -0.1) is 0 Å². The van der Waals surface area contributed by atoms with Crippen molar-refractivity contribution < 1.29 is 4.74 Å². The largest absolute Gasteiger partial charge is 0.383 e. The number of nitrogens with two attached hydrogens (primary N) is 1. The second kappa shape index (κ2) is 7.46. The third-order valence-corrected chi connectivity index (χ3v) is 3.63. The van der Waals surface area contributed by atoms with Gasteiger partial charge >= 0.3 is 0 Å². The standard InChI is InChI=1S/C14H25N3O/c1-4-14(11-15,12-18-3)17(5-2)10-13-6-8-16-9-7-13/h6-9H,4-5,10-12,15H2,1-3H3. The third-order valence-electron chi connectivity index (χ3n) is 3.63. The van der Waals surface area contributed by atoms with Crippen molar-refractivity contribution in [3.05, 3.63) is 30.1 Å². The fraction of sp³-hybridized carbons (Fsp3) is 0.643. The molecule has 4 heteroatoms. The average Bonchev–Trinajstić information content (AvgIpc) is 2.44. The first-order valence-electron chi connectivity index (χ1n) is 6.55. The number of likely N-dealkylation sites (N-methyl/N-ethyl adjacent to an activating group) is 1. The average molecular weight is 251 g/mol. The molecule has 1 aromatic rings. The van der Waals surface area contributed by atoms with Crippen LogP contribution in [-0.4, -0.2) is 42.2 Å². The van der Waals surface area contributed by atoms with E-state index in [1.165, 1.54) is 5.56 Å². The summed E-state index contributed by atoms with van der Waals surface area (Å²) < 4.78 is 5.38. The highest BCUT2D eigenvalue weighted by Crippen LogP contribution is 2.21. The predicted octanol–water partition coefficient (Wildman–Crippen LogP) is 1.66. The number of hydrogen-bond acceptors (Lipinski definition) is 4. The van der Waals surface area contributed by atoms with E-state index in [0.717, 1.165) is 19.5 Å². The van der Waals surface area contributed by atoms with Crippen molar-refractivity contribution >= 4 is 0 Å². The quantitative estimate of drug-likeness (QED) is 0.763. The van der Waals surface area contributed by atoms with Gasteiger partial charge in [-0.2, -0.15) is 0 Å². The third kappa shape index (κ3) is 3.51. The minimum absolute atomic E-state index is 0.0766. The number of aromatic nitrogens is 1. The van der Waals surface area contributed by atoms with Gasteiger partial charge in [0.2, 0.25) is 0 Å². The van der Waals surface area contributed by atoms with Gasteiger partial charge < -0.3 is 10.5 Å². The highest BCUT2D eigenvalue weighted by molar-refractivity contribution is 5.10. The van der Waals surface area contributed by atoms with Gasteiger partial charge in [-0.3, -0.25) is 9.88 Å². The molecular weight excluding hydrogens is 226 g/mol. The molecule has 4 nitrogen and oxygen atoms in total. The Morgan fingerprint density at radius 3 is 2.44 bits per heavy atom. The van der Waals surface area contributed by atoms with E-state index >= 15 is 0 Å². The minimum Gasteiger partial charge on any atom is -0.383 e. The molecule has 0 bridgehead atoms. The van der Waals surface area contributed by atoms with Gasteiger partial charge in [-0.1, -0.05) is 13.8 Å². The van der Waals surface area contributed by atoms with Crippen LogP contribution in [0.1, 0.15) is 25.8 Å². The maximum atomic E-state index is 6.00. The zero-order valence-corrected chi connectivity index (χ0v) is 11.7. The van der Waals surface area contributed by atoms with Crippen molar-refractivity contribution in [3.63, 3.8) is 0 Å². The van der Waals surface area contributed by atoms with Crippen LogP contribution in [0, 0.1) is 0 Å². The molecule has 0 aliphatic rings. The number of rotatable bonds is 8. The van der Waals surface area contributed by atoms with Crippen LogP contribution in [0.25, 0.3) is 0 Å². The van der Waals surface area contributed by atoms with Crippen molar-refractivity contribution in [1.29, 1.82) is 0 Å². The summed E-state index contributed by atoms with van der Waals surface area (Å²) in [4.78, 5) is 6.44. The Balaban J connectivity index is 2.85. The predicted molar refractivity (Wildman–Crippen MR) is 74.3 cm³/mol. The van der Waals surface area contributed by atoms with Crippen LogP contribution in [0.5, 0.6) is 0 Å². The molecule has 18 heavy (non-hydrogen) atoms. The fourth-order valence-electron chi connectivity index (χ4n) is 2.34. The summed E-state index contributed by atoms with van der Waals surface area (Å²) in [6.07, 6.45) is 4.64. The number of nitrogens with zero attached hydrogens (tertiary/aromatic N) is 2. The Kier molecular flexibility index (Phi) is 6.25. The van der Waals surface area contributed by atoms with Gasteiger partial charge in [0, 0.05) is 32.6 Å². The van der Waals surface area contributed by atoms with Crippen LogP contribution in [0.4, 0.5) is 0 Å². The van der Waals surface area contributed by atoms with Crippen LogP contribution in [0.15, 0.2) is 24.5 Å². The summed E-state index contributed by atoms with van der Waals surface area (Å²) in [5.41, 5.74) is 7.18. The highest BCUT2D eigenvalue weighted by Gasteiger charge is 2.32. The molecule has 0 saturated heterocycles. The van der Waals surface area contributed by atoms with E-state index in [-0.39, 0.29) is 5.54 Å². The van der Waals surface area contributed by atoms with Crippen molar-refractivity contribution in [2.45, 2.75) is 32.4 Å². The van der Waals surface area contributed by atoms with Gasteiger partial charge in [0.15, 0.2) is 0 Å². The van der Waals surface area contributed by atoms with Crippen molar-refractivity contribution in [1.82, 2.24) is 9.88 Å². The Morgan fingerprint density at radius 2 is 2.00 bits per heavy atom. The lowest BCUT2D eigenvalue weighted by Gasteiger charge is -2.42. The number of hydrogen-bond donors (Lipinski definition) is 1. The van der Waals surface area contributed by atoms with Crippen LogP contribution in [-0.2, 0) is 11.3 Å². The molecule has 0 aromatic carbocycles. The molecule has 2 N–H and O–H groups in total. The first-order valence-corrected chi connectivity index (χ1v) is 6.55. The van der Waals surface area contributed by atoms with Crippen LogP contribution >= 0.6 is 0 Å². The van der Waals surface area contributed by atoms with Gasteiger partial charge in [0.25, 0.3) is 0 Å². The Morgan fingerprint density at radius 1 is 1.33 bits per heavy atom. The maximum absolute atomic E-state index is 6.00. The van der Waals surface area contributed by atoms with Crippen LogP contribution < -0.4 is 5.73 Å². The summed E-state index contributed by atoms with van der Waals surface area (Å²) in [6.45, 7) is 7.44. The first kappa shape index (κ1) is 15.1. The summed E-state index contributed by atoms with van der Waals surface area (Å²) in [7, 11) is 1.74. The summed E-state index contributed by atoms with van der Waals surface area (Å²) in [5, 5.41) is 0. The molecule has 1 rings (SSSR count). The topological polar surface area (TPSA) is 51.4 Å².